The molecule has 2 rings (SSSR count). The van der Waals surface area contributed by atoms with Gasteiger partial charge in [0, 0.05) is 11.6 Å². The number of carbonyl (C=O) groups excluding carboxylic acids is 1. The molecular weight excluding hydrogens is 260 g/mol. The Balaban J connectivity index is 2.26. The fourth-order valence-corrected chi connectivity index (χ4v) is 2.23. The number of nitrogens with zero attached hydrogens (tertiary/aromatic N) is 1. The number of aromatic nitrogens is 1. The molecule has 0 atom stereocenters. The maximum Gasteiger partial charge on any atom is 0.261 e. The van der Waals surface area contributed by atoms with E-state index in [0.29, 0.717) is 22.4 Å². The molecule has 0 saturated heterocycles. The maximum atomic E-state index is 12.1. The Kier molecular flexibility index (Phi) is 4.16. The van der Waals surface area contributed by atoms with Crippen LogP contribution in [0.25, 0.3) is 0 Å². The van der Waals surface area contributed by atoms with E-state index in [1.807, 2.05) is 17.5 Å². The van der Waals surface area contributed by atoms with Crippen LogP contribution in [-0.4, -0.2) is 18.0 Å². The van der Waals surface area contributed by atoms with E-state index >= 15 is 0 Å². The quantitative estimate of drug-likeness (QED) is 0.929. The molecule has 0 radical (unpaired) electrons. The molecule has 1 amide bonds. The van der Waals surface area contributed by atoms with Gasteiger partial charge in [0.2, 0.25) is 0 Å². The van der Waals surface area contributed by atoms with Crippen molar-refractivity contribution in [2.24, 2.45) is 0 Å². The summed E-state index contributed by atoms with van der Waals surface area (Å²) in [5, 5.41) is 5.15. The normalized spacial score (nSPS) is 10.5. The number of amides is 1. The summed E-state index contributed by atoms with van der Waals surface area (Å²) in [6.45, 7) is 4.20. The molecule has 100 valence electrons. The molecular formula is C14H16N2O2S. The number of rotatable bonds is 4. The van der Waals surface area contributed by atoms with Crippen LogP contribution in [0.3, 0.4) is 0 Å². The summed E-state index contributed by atoms with van der Waals surface area (Å²) in [7, 11) is 1.57. The fraction of sp³-hybridized carbons (Fsp3) is 0.286. The molecule has 5 heteroatoms. The summed E-state index contributed by atoms with van der Waals surface area (Å²) >= 11 is 1.38. The minimum absolute atomic E-state index is 0.206. The third kappa shape index (κ3) is 3.12. The molecule has 0 unspecified atom stereocenters. The van der Waals surface area contributed by atoms with Gasteiger partial charge >= 0.3 is 0 Å². The largest absolute Gasteiger partial charge is 0.496 e. The first-order valence-corrected chi connectivity index (χ1v) is 6.88. The minimum atomic E-state index is -0.206. The second-order valence-corrected chi connectivity index (χ2v) is 5.30. The third-order valence-corrected chi connectivity index (χ3v) is 3.48. The average Bonchev–Trinajstić information content (AvgIpc) is 2.90. The van der Waals surface area contributed by atoms with Gasteiger partial charge in [-0.15, -0.1) is 11.3 Å². The molecule has 1 N–H and O–H groups in total. The van der Waals surface area contributed by atoms with Gasteiger partial charge in [0.05, 0.1) is 12.7 Å². The first kappa shape index (κ1) is 13.5. The van der Waals surface area contributed by atoms with Crippen molar-refractivity contribution in [3.63, 3.8) is 0 Å². The molecule has 4 nitrogen and oxygen atoms in total. The number of ether oxygens (including phenoxy) is 1. The van der Waals surface area contributed by atoms with Crippen molar-refractivity contribution in [1.82, 2.24) is 4.98 Å². The summed E-state index contributed by atoms with van der Waals surface area (Å²) in [6.07, 6.45) is 1.65. The predicted octanol–water partition coefficient (Wildman–Crippen LogP) is 3.53. The van der Waals surface area contributed by atoms with Crippen molar-refractivity contribution in [3.05, 3.63) is 40.9 Å². The van der Waals surface area contributed by atoms with E-state index in [4.69, 9.17) is 4.74 Å². The van der Waals surface area contributed by atoms with Gasteiger partial charge in [-0.3, -0.25) is 10.1 Å². The van der Waals surface area contributed by atoms with Gasteiger partial charge in [-0.1, -0.05) is 19.9 Å². The average molecular weight is 276 g/mol. The van der Waals surface area contributed by atoms with Crippen LogP contribution in [0, 0.1) is 0 Å². The molecule has 1 aromatic heterocycles. The number of anilines is 1. The number of methoxy groups -OCH3 is 1. The number of nitrogens with one attached hydrogen (secondary N) is 1. The summed E-state index contributed by atoms with van der Waals surface area (Å²) in [6, 6.07) is 5.64. The first-order chi connectivity index (χ1) is 9.11. The lowest BCUT2D eigenvalue weighted by Crippen LogP contribution is -2.13. The zero-order chi connectivity index (χ0) is 13.8. The van der Waals surface area contributed by atoms with Crippen molar-refractivity contribution in [3.8, 4) is 5.75 Å². The lowest BCUT2D eigenvalue weighted by Gasteiger charge is -2.12. The maximum absolute atomic E-state index is 12.1. The van der Waals surface area contributed by atoms with E-state index in [1.54, 1.807) is 19.4 Å². The van der Waals surface area contributed by atoms with Gasteiger partial charge < -0.3 is 4.74 Å². The number of hydrogen-bond acceptors (Lipinski definition) is 4. The lowest BCUT2D eigenvalue weighted by molar-refractivity contribution is 0.102. The molecule has 0 fully saturated rings. The number of benzene rings is 1. The van der Waals surface area contributed by atoms with Crippen molar-refractivity contribution < 1.29 is 9.53 Å². The zero-order valence-corrected chi connectivity index (χ0v) is 12.0. The lowest BCUT2D eigenvalue weighted by atomic mass is 10.0. The van der Waals surface area contributed by atoms with E-state index < -0.39 is 0 Å². The molecule has 0 aliphatic rings. The van der Waals surface area contributed by atoms with Gasteiger partial charge in [0.25, 0.3) is 5.91 Å². The van der Waals surface area contributed by atoms with Crippen LogP contribution < -0.4 is 10.1 Å². The zero-order valence-electron chi connectivity index (χ0n) is 11.1. The van der Waals surface area contributed by atoms with Crippen LogP contribution in [0.5, 0.6) is 5.75 Å². The van der Waals surface area contributed by atoms with E-state index in [2.05, 4.69) is 24.1 Å². The predicted molar refractivity (Wildman–Crippen MR) is 77.2 cm³/mol. The van der Waals surface area contributed by atoms with Gasteiger partial charge in [0.15, 0.2) is 5.13 Å². The number of hydrogen-bond donors (Lipinski definition) is 1. The Morgan fingerprint density at radius 3 is 2.79 bits per heavy atom. The van der Waals surface area contributed by atoms with Gasteiger partial charge in [-0.05, 0) is 23.6 Å². The Labute approximate surface area is 116 Å². The van der Waals surface area contributed by atoms with Crippen LogP contribution in [0.2, 0.25) is 0 Å². The van der Waals surface area contributed by atoms with Gasteiger partial charge in [-0.2, -0.15) is 0 Å². The van der Waals surface area contributed by atoms with Crippen LogP contribution in [0.4, 0.5) is 5.13 Å². The van der Waals surface area contributed by atoms with E-state index in [-0.39, 0.29) is 5.91 Å². The van der Waals surface area contributed by atoms with Crippen molar-refractivity contribution in [1.29, 1.82) is 0 Å². The molecule has 0 aliphatic carbocycles. The molecule has 1 heterocycles. The second kappa shape index (κ2) is 5.84. The molecule has 0 bridgehead atoms. The highest BCUT2D eigenvalue weighted by Gasteiger charge is 2.14. The summed E-state index contributed by atoms with van der Waals surface area (Å²) < 4.78 is 5.30. The van der Waals surface area contributed by atoms with Crippen molar-refractivity contribution in [2.45, 2.75) is 19.8 Å². The molecule has 2 aromatic rings. The molecule has 1 aromatic carbocycles. The Bertz CT molecular complexity index is 565. The molecule has 19 heavy (non-hydrogen) atoms. The Morgan fingerprint density at radius 1 is 1.42 bits per heavy atom. The Hall–Kier alpha value is -1.88. The van der Waals surface area contributed by atoms with E-state index in [9.17, 15) is 4.79 Å². The van der Waals surface area contributed by atoms with Gasteiger partial charge in [0.1, 0.15) is 5.75 Å². The highest BCUT2D eigenvalue weighted by molar-refractivity contribution is 7.13. The van der Waals surface area contributed by atoms with Crippen LogP contribution >= 0.6 is 11.3 Å². The second-order valence-electron chi connectivity index (χ2n) is 4.41. The first-order valence-electron chi connectivity index (χ1n) is 6.00. The monoisotopic (exact) mass is 276 g/mol. The minimum Gasteiger partial charge on any atom is -0.496 e. The van der Waals surface area contributed by atoms with Gasteiger partial charge in [-0.25, -0.2) is 4.98 Å². The summed E-state index contributed by atoms with van der Waals surface area (Å²) in [5.74, 6) is 0.771. The summed E-state index contributed by atoms with van der Waals surface area (Å²) in [5.41, 5.74) is 1.66. The van der Waals surface area contributed by atoms with Crippen LogP contribution in [0.1, 0.15) is 35.7 Å². The number of thiazole rings is 1. The van der Waals surface area contributed by atoms with Crippen LogP contribution in [0.15, 0.2) is 29.8 Å². The molecule has 0 aliphatic heterocycles. The summed E-state index contributed by atoms with van der Waals surface area (Å²) in [4.78, 5) is 16.2. The highest BCUT2D eigenvalue weighted by atomic mass is 32.1. The standard InChI is InChI=1S/C14H16N2O2S/c1-9(2)10-4-5-11(12(8-10)18-3)13(17)16-14-15-6-7-19-14/h4-9H,1-3H3,(H,15,16,17). The highest BCUT2D eigenvalue weighted by Crippen LogP contribution is 2.25. The third-order valence-electron chi connectivity index (χ3n) is 2.79. The Morgan fingerprint density at radius 2 is 2.21 bits per heavy atom. The molecule has 0 spiro atoms. The smallest absolute Gasteiger partial charge is 0.261 e. The topological polar surface area (TPSA) is 51.2 Å². The van der Waals surface area contributed by atoms with E-state index in [1.165, 1.54) is 11.3 Å². The van der Waals surface area contributed by atoms with Crippen LogP contribution in [-0.2, 0) is 0 Å². The van der Waals surface area contributed by atoms with Crippen molar-refractivity contribution >= 4 is 22.4 Å². The SMILES string of the molecule is COc1cc(C(C)C)ccc1C(=O)Nc1nccs1. The fourth-order valence-electron chi connectivity index (χ4n) is 1.70. The number of carbonyl (C=O) groups is 1. The van der Waals surface area contributed by atoms with Crippen molar-refractivity contribution in [2.75, 3.05) is 12.4 Å². The molecule has 0 saturated carbocycles. The van der Waals surface area contributed by atoms with E-state index in [0.717, 1.165) is 5.56 Å².